The predicted octanol–water partition coefficient (Wildman–Crippen LogP) is 7.71. The molecule has 0 saturated carbocycles. The van der Waals surface area contributed by atoms with Crippen LogP contribution in [0.15, 0.2) is 125 Å². The Morgan fingerprint density at radius 1 is 0.674 bits per heavy atom. The molecule has 8 nitrogen and oxygen atoms in total. The van der Waals surface area contributed by atoms with Gasteiger partial charge >= 0.3 is 0 Å². The van der Waals surface area contributed by atoms with Crippen molar-refractivity contribution in [2.24, 2.45) is 0 Å². The maximum Gasteiger partial charge on any atom is 0.264 e. The summed E-state index contributed by atoms with van der Waals surface area (Å²) in [5.41, 5.74) is 5.09. The molecule has 0 bridgehead atoms. The Balaban J connectivity index is 1.30. The number of hydrogen-bond donors (Lipinski definition) is 2. The van der Waals surface area contributed by atoms with Gasteiger partial charge in [-0.15, -0.1) is 0 Å². The van der Waals surface area contributed by atoms with Crippen LogP contribution in [0.2, 0.25) is 5.02 Å². The van der Waals surface area contributed by atoms with E-state index in [1.54, 1.807) is 84.9 Å². The second-order valence-electron chi connectivity index (χ2n) is 10.8. The lowest BCUT2D eigenvalue weighted by Crippen LogP contribution is -2.31. The first-order chi connectivity index (χ1) is 21.8. The lowest BCUT2D eigenvalue weighted by Gasteiger charge is -2.26. The van der Waals surface area contributed by atoms with Crippen molar-refractivity contribution in [1.82, 2.24) is 0 Å². The van der Waals surface area contributed by atoms with Gasteiger partial charge in [0.2, 0.25) is 0 Å². The maximum absolute atomic E-state index is 13.8. The third kappa shape index (κ3) is 7.42. The van der Waals surface area contributed by atoms with Crippen LogP contribution in [0.1, 0.15) is 32.6 Å². The van der Waals surface area contributed by atoms with Crippen molar-refractivity contribution >= 4 is 54.6 Å². The second kappa shape index (κ2) is 13.4. The van der Waals surface area contributed by atoms with Gasteiger partial charge in [-0.3, -0.25) is 13.8 Å². The summed E-state index contributed by atoms with van der Waals surface area (Å²) in [4.78, 5) is 13.2. The number of anilines is 3. The molecule has 5 aromatic rings. The van der Waals surface area contributed by atoms with Crippen LogP contribution >= 0.6 is 11.6 Å². The molecule has 5 rings (SSSR count). The van der Waals surface area contributed by atoms with E-state index < -0.39 is 26.0 Å². The lowest BCUT2D eigenvalue weighted by molar-refractivity contribution is 0.102. The highest BCUT2D eigenvalue weighted by Crippen LogP contribution is 2.31. The number of carbonyl (C=O) groups excluding carboxylic acids is 1. The molecule has 5 aromatic carbocycles. The number of halogens is 1. The first kappa shape index (κ1) is 32.7. The summed E-state index contributed by atoms with van der Waals surface area (Å²) in [6.45, 7) is 5.68. The van der Waals surface area contributed by atoms with Crippen molar-refractivity contribution in [3.63, 3.8) is 0 Å². The van der Waals surface area contributed by atoms with Crippen molar-refractivity contribution in [2.45, 2.75) is 37.1 Å². The topological polar surface area (TPSA) is 113 Å². The molecule has 1 amide bonds. The Bertz CT molecular complexity index is 2100. The first-order valence-electron chi connectivity index (χ1n) is 14.3. The van der Waals surface area contributed by atoms with Crippen LogP contribution in [0.5, 0.6) is 0 Å². The van der Waals surface area contributed by atoms with Gasteiger partial charge in [0, 0.05) is 22.0 Å². The maximum atomic E-state index is 13.8. The van der Waals surface area contributed by atoms with Gasteiger partial charge in [0.1, 0.15) is 0 Å². The molecule has 0 atom stereocenters. The Morgan fingerprint density at radius 3 is 1.96 bits per heavy atom. The molecule has 236 valence electrons. The highest BCUT2D eigenvalue weighted by Gasteiger charge is 2.27. The van der Waals surface area contributed by atoms with Crippen molar-refractivity contribution in [3.8, 4) is 0 Å². The van der Waals surface area contributed by atoms with Gasteiger partial charge in [-0.2, -0.15) is 0 Å². The number of amides is 1. The molecule has 0 aromatic heterocycles. The second-order valence-corrected chi connectivity index (χ2v) is 14.8. The number of sulfonamides is 2. The van der Waals surface area contributed by atoms with Gasteiger partial charge in [0.05, 0.1) is 22.0 Å². The zero-order valence-corrected chi connectivity index (χ0v) is 27.7. The molecule has 0 heterocycles. The predicted molar refractivity (Wildman–Crippen MR) is 184 cm³/mol. The van der Waals surface area contributed by atoms with Crippen LogP contribution in [0.4, 0.5) is 17.1 Å². The average Bonchev–Trinajstić information content (AvgIpc) is 3.03. The minimum absolute atomic E-state index is 0.00639. The van der Waals surface area contributed by atoms with E-state index in [4.69, 9.17) is 11.6 Å². The molecule has 0 saturated heterocycles. The van der Waals surface area contributed by atoms with Gasteiger partial charge in [-0.05, 0) is 116 Å². The summed E-state index contributed by atoms with van der Waals surface area (Å²) < 4.78 is 57.2. The molecule has 11 heteroatoms. The molecule has 0 fully saturated rings. The summed E-state index contributed by atoms with van der Waals surface area (Å²) in [7, 11) is -7.77. The van der Waals surface area contributed by atoms with E-state index in [-0.39, 0.29) is 16.3 Å². The van der Waals surface area contributed by atoms with Crippen molar-refractivity contribution < 1.29 is 21.6 Å². The van der Waals surface area contributed by atoms with E-state index in [2.05, 4.69) is 10.0 Å². The van der Waals surface area contributed by atoms with E-state index >= 15 is 0 Å². The molecule has 46 heavy (non-hydrogen) atoms. The number of nitrogens with one attached hydrogen (secondary N) is 2. The number of nitrogens with zero attached hydrogens (tertiary/aromatic N) is 1. The van der Waals surface area contributed by atoms with E-state index in [1.807, 2.05) is 26.8 Å². The number of benzene rings is 5. The molecular formula is C35H32ClN3O5S2. The third-order valence-electron chi connectivity index (χ3n) is 7.49. The van der Waals surface area contributed by atoms with Crippen molar-refractivity contribution in [1.29, 1.82) is 0 Å². The fourth-order valence-electron chi connectivity index (χ4n) is 4.74. The van der Waals surface area contributed by atoms with Gasteiger partial charge in [0.25, 0.3) is 26.0 Å². The molecule has 0 radical (unpaired) electrons. The Hall–Kier alpha value is -4.64. The standard InChI is InChI=1S/C35H32ClN3O5S2/c1-24-10-16-31(21-26(24)3)38-45(41,42)32-19-17-30(18-20-32)37-35(40)28-13-11-27(12-14-28)23-39(34-22-29(36)15-9-25(34)2)46(43,44)33-7-5-4-6-8-33/h4-22,38H,23H2,1-3H3,(H,37,40). The van der Waals surface area contributed by atoms with Crippen molar-refractivity contribution in [2.75, 3.05) is 14.3 Å². The van der Waals surface area contributed by atoms with Crippen LogP contribution in [-0.4, -0.2) is 22.7 Å². The van der Waals surface area contributed by atoms with Crippen LogP contribution < -0.4 is 14.3 Å². The number of aryl methyl sites for hydroxylation is 3. The molecular weight excluding hydrogens is 642 g/mol. The van der Waals surface area contributed by atoms with E-state index in [0.29, 0.717) is 33.2 Å². The smallest absolute Gasteiger partial charge is 0.264 e. The summed E-state index contributed by atoms with van der Waals surface area (Å²) in [5.74, 6) is -0.408. The highest BCUT2D eigenvalue weighted by molar-refractivity contribution is 7.93. The zero-order chi connectivity index (χ0) is 33.1. The monoisotopic (exact) mass is 673 g/mol. The Morgan fingerprint density at radius 2 is 1.30 bits per heavy atom. The summed E-state index contributed by atoms with van der Waals surface area (Å²) in [6, 6.07) is 31.0. The molecule has 0 aliphatic rings. The summed E-state index contributed by atoms with van der Waals surface area (Å²) in [5, 5.41) is 3.18. The normalized spacial score (nSPS) is 11.6. The first-order valence-corrected chi connectivity index (χ1v) is 17.6. The van der Waals surface area contributed by atoms with Crippen LogP contribution in [0.25, 0.3) is 0 Å². The van der Waals surface area contributed by atoms with Crippen LogP contribution in [0.3, 0.4) is 0 Å². The lowest BCUT2D eigenvalue weighted by atomic mass is 10.1. The zero-order valence-electron chi connectivity index (χ0n) is 25.4. The van der Waals surface area contributed by atoms with Gasteiger partial charge in [-0.25, -0.2) is 16.8 Å². The van der Waals surface area contributed by atoms with E-state index in [9.17, 15) is 21.6 Å². The molecule has 0 unspecified atom stereocenters. The van der Waals surface area contributed by atoms with Crippen molar-refractivity contribution in [3.05, 3.63) is 148 Å². The van der Waals surface area contributed by atoms with E-state index in [0.717, 1.165) is 16.7 Å². The van der Waals surface area contributed by atoms with Crippen LogP contribution in [-0.2, 0) is 26.6 Å². The van der Waals surface area contributed by atoms with E-state index in [1.165, 1.54) is 28.6 Å². The number of rotatable bonds is 10. The average molecular weight is 674 g/mol. The SMILES string of the molecule is Cc1ccc(NS(=O)(=O)c2ccc(NC(=O)c3ccc(CN(c4cc(Cl)ccc4C)S(=O)(=O)c4ccccc4)cc3)cc2)cc1C. The highest BCUT2D eigenvalue weighted by atomic mass is 35.5. The quantitative estimate of drug-likeness (QED) is 0.158. The number of carbonyl (C=O) groups is 1. The van der Waals surface area contributed by atoms with Crippen LogP contribution in [0, 0.1) is 20.8 Å². The molecule has 0 aliphatic carbocycles. The fraction of sp³-hybridized carbons (Fsp3) is 0.114. The minimum Gasteiger partial charge on any atom is -0.322 e. The largest absolute Gasteiger partial charge is 0.322 e. The minimum atomic E-state index is -3.95. The molecule has 0 spiro atoms. The summed E-state index contributed by atoms with van der Waals surface area (Å²) >= 11 is 6.26. The molecule has 0 aliphatic heterocycles. The fourth-order valence-corrected chi connectivity index (χ4v) is 7.48. The van der Waals surface area contributed by atoms with Gasteiger partial charge in [-0.1, -0.05) is 54.1 Å². The third-order valence-corrected chi connectivity index (χ3v) is 10.9. The number of hydrogen-bond acceptors (Lipinski definition) is 5. The van der Waals surface area contributed by atoms with Gasteiger partial charge < -0.3 is 5.32 Å². The summed E-state index contributed by atoms with van der Waals surface area (Å²) in [6.07, 6.45) is 0. The molecule has 2 N–H and O–H groups in total. The Kier molecular flexibility index (Phi) is 9.52. The Labute approximate surface area is 274 Å². The van der Waals surface area contributed by atoms with Gasteiger partial charge in [0.15, 0.2) is 0 Å².